The number of rotatable bonds is 2. The van der Waals surface area contributed by atoms with Crippen LogP contribution < -0.4 is 0 Å². The predicted molar refractivity (Wildman–Crippen MR) is 93.6 cm³/mol. The molecule has 0 aliphatic heterocycles. The summed E-state index contributed by atoms with van der Waals surface area (Å²) >= 11 is 3.45. The summed E-state index contributed by atoms with van der Waals surface area (Å²) < 4.78 is 2.85. The third-order valence-electron chi connectivity index (χ3n) is 3.49. The molecular weight excluding hydrogens is 338 g/mol. The van der Waals surface area contributed by atoms with Gasteiger partial charge in [-0.25, -0.2) is 4.98 Å². The van der Waals surface area contributed by atoms with E-state index in [1.807, 2.05) is 41.2 Å². The van der Waals surface area contributed by atoms with Crippen molar-refractivity contribution in [2.24, 2.45) is 0 Å². The Labute approximate surface area is 139 Å². The zero-order valence-corrected chi connectivity index (χ0v) is 14.5. The molecule has 0 amide bonds. The molecule has 3 nitrogen and oxygen atoms in total. The van der Waals surface area contributed by atoms with Gasteiger partial charge in [-0.2, -0.15) is 5.10 Å². The van der Waals surface area contributed by atoms with Crippen molar-refractivity contribution in [3.8, 4) is 22.4 Å². The summed E-state index contributed by atoms with van der Waals surface area (Å²) in [4.78, 5) is 4.21. The summed E-state index contributed by atoms with van der Waals surface area (Å²) in [6.45, 7) is 6.46. The van der Waals surface area contributed by atoms with Crippen molar-refractivity contribution in [3.05, 3.63) is 59.5 Å². The lowest BCUT2D eigenvalue weighted by Gasteiger charge is -2.18. The van der Waals surface area contributed by atoms with Crippen molar-refractivity contribution in [1.82, 2.24) is 14.8 Å². The number of benzene rings is 1. The third kappa shape index (κ3) is 2.97. The van der Waals surface area contributed by atoms with Crippen LogP contribution in [0.2, 0.25) is 0 Å². The quantitative estimate of drug-likeness (QED) is 0.596. The molecule has 0 radical (unpaired) electrons. The molecule has 2 heterocycles. The standard InChI is InChI=1S/C18H18BrN3/c1-18(2,3)22-12-15(14-9-10-20-16(19)11-14)17(21-22)13-7-5-4-6-8-13/h4-12H,1-3H3. The minimum Gasteiger partial charge on any atom is -0.266 e. The smallest absolute Gasteiger partial charge is 0.106 e. The van der Waals surface area contributed by atoms with Crippen LogP contribution >= 0.6 is 15.9 Å². The average Bonchev–Trinajstić information content (AvgIpc) is 2.93. The fourth-order valence-corrected chi connectivity index (χ4v) is 2.67. The maximum Gasteiger partial charge on any atom is 0.106 e. The van der Waals surface area contributed by atoms with E-state index in [0.29, 0.717) is 0 Å². The van der Waals surface area contributed by atoms with Gasteiger partial charge in [-0.05, 0) is 54.4 Å². The summed E-state index contributed by atoms with van der Waals surface area (Å²) in [6, 6.07) is 14.3. The van der Waals surface area contributed by atoms with E-state index in [9.17, 15) is 0 Å². The molecule has 112 valence electrons. The summed E-state index contributed by atoms with van der Waals surface area (Å²) in [6.07, 6.45) is 3.92. The first-order valence-corrected chi connectivity index (χ1v) is 8.02. The van der Waals surface area contributed by atoms with Gasteiger partial charge in [0.2, 0.25) is 0 Å². The van der Waals surface area contributed by atoms with Crippen molar-refractivity contribution < 1.29 is 0 Å². The van der Waals surface area contributed by atoms with Crippen LogP contribution in [0, 0.1) is 0 Å². The molecule has 3 rings (SSSR count). The minimum absolute atomic E-state index is 0.0634. The van der Waals surface area contributed by atoms with Crippen LogP contribution in [-0.2, 0) is 5.54 Å². The minimum atomic E-state index is -0.0634. The Kier molecular flexibility index (Phi) is 3.87. The van der Waals surface area contributed by atoms with Gasteiger partial charge in [-0.3, -0.25) is 4.68 Å². The second-order valence-electron chi connectivity index (χ2n) is 6.24. The molecule has 0 aliphatic carbocycles. The first-order chi connectivity index (χ1) is 10.4. The lowest BCUT2D eigenvalue weighted by atomic mass is 10.0. The molecule has 0 saturated heterocycles. The maximum absolute atomic E-state index is 4.84. The highest BCUT2D eigenvalue weighted by molar-refractivity contribution is 9.10. The lowest BCUT2D eigenvalue weighted by Crippen LogP contribution is -2.22. The molecule has 4 heteroatoms. The molecule has 3 aromatic rings. The molecule has 0 aliphatic rings. The van der Waals surface area contributed by atoms with E-state index >= 15 is 0 Å². The van der Waals surface area contributed by atoms with Gasteiger partial charge < -0.3 is 0 Å². The molecule has 0 bridgehead atoms. The number of pyridine rings is 1. The summed E-state index contributed by atoms with van der Waals surface area (Å²) in [5.41, 5.74) is 4.27. The predicted octanol–water partition coefficient (Wildman–Crippen LogP) is 5.13. The van der Waals surface area contributed by atoms with Crippen LogP contribution in [0.5, 0.6) is 0 Å². The lowest BCUT2D eigenvalue weighted by molar-refractivity contribution is 0.356. The molecule has 2 aromatic heterocycles. The van der Waals surface area contributed by atoms with Crippen LogP contribution in [-0.4, -0.2) is 14.8 Å². The van der Waals surface area contributed by atoms with Crippen LogP contribution in [0.4, 0.5) is 0 Å². The highest BCUT2D eigenvalue weighted by Gasteiger charge is 2.20. The second-order valence-corrected chi connectivity index (χ2v) is 7.05. The van der Waals surface area contributed by atoms with Gasteiger partial charge in [0.25, 0.3) is 0 Å². The van der Waals surface area contributed by atoms with E-state index < -0.39 is 0 Å². The second kappa shape index (κ2) is 5.69. The highest BCUT2D eigenvalue weighted by atomic mass is 79.9. The molecule has 1 aromatic carbocycles. The molecule has 0 N–H and O–H groups in total. The number of nitrogens with zero attached hydrogens (tertiary/aromatic N) is 3. The van der Waals surface area contributed by atoms with E-state index in [4.69, 9.17) is 5.10 Å². The monoisotopic (exact) mass is 355 g/mol. The van der Waals surface area contributed by atoms with E-state index in [1.54, 1.807) is 0 Å². The fraction of sp³-hybridized carbons (Fsp3) is 0.222. The first-order valence-electron chi connectivity index (χ1n) is 7.22. The Morgan fingerprint density at radius 2 is 1.73 bits per heavy atom. The maximum atomic E-state index is 4.84. The molecule has 0 unspecified atom stereocenters. The van der Waals surface area contributed by atoms with E-state index in [0.717, 1.165) is 27.0 Å². The Hall–Kier alpha value is -1.94. The normalized spacial score (nSPS) is 11.6. The zero-order valence-electron chi connectivity index (χ0n) is 12.9. The van der Waals surface area contributed by atoms with Crippen molar-refractivity contribution in [3.63, 3.8) is 0 Å². The SMILES string of the molecule is CC(C)(C)n1cc(-c2ccnc(Br)c2)c(-c2ccccc2)n1. The topological polar surface area (TPSA) is 30.7 Å². The van der Waals surface area contributed by atoms with Gasteiger partial charge in [0.05, 0.1) is 5.54 Å². The Morgan fingerprint density at radius 1 is 1.00 bits per heavy atom. The largest absolute Gasteiger partial charge is 0.266 e. The number of hydrogen-bond acceptors (Lipinski definition) is 2. The van der Waals surface area contributed by atoms with Crippen molar-refractivity contribution in [2.75, 3.05) is 0 Å². The first kappa shape index (κ1) is 15.0. The Bertz CT molecular complexity index is 786. The van der Waals surface area contributed by atoms with Crippen molar-refractivity contribution in [2.45, 2.75) is 26.3 Å². The fourth-order valence-electron chi connectivity index (χ4n) is 2.31. The highest BCUT2D eigenvalue weighted by Crippen LogP contribution is 2.33. The zero-order chi connectivity index (χ0) is 15.7. The molecular formula is C18H18BrN3. The average molecular weight is 356 g/mol. The number of aromatic nitrogens is 3. The summed E-state index contributed by atoms with van der Waals surface area (Å²) in [5.74, 6) is 0. The number of halogens is 1. The molecule has 0 atom stereocenters. The van der Waals surface area contributed by atoms with Gasteiger partial charge in [-0.15, -0.1) is 0 Å². The molecule has 0 saturated carbocycles. The van der Waals surface area contributed by atoms with Crippen LogP contribution in [0.25, 0.3) is 22.4 Å². The Balaban J connectivity index is 2.22. The van der Waals surface area contributed by atoms with Gasteiger partial charge in [0, 0.05) is 23.5 Å². The van der Waals surface area contributed by atoms with Crippen molar-refractivity contribution >= 4 is 15.9 Å². The molecule has 0 spiro atoms. The van der Waals surface area contributed by atoms with Crippen molar-refractivity contribution in [1.29, 1.82) is 0 Å². The molecule has 22 heavy (non-hydrogen) atoms. The van der Waals surface area contributed by atoms with Gasteiger partial charge in [0.15, 0.2) is 0 Å². The number of hydrogen-bond donors (Lipinski definition) is 0. The van der Waals surface area contributed by atoms with Crippen LogP contribution in [0.3, 0.4) is 0 Å². The molecule has 0 fully saturated rings. The van der Waals surface area contributed by atoms with Gasteiger partial charge >= 0.3 is 0 Å². The Morgan fingerprint density at radius 3 is 2.36 bits per heavy atom. The van der Waals surface area contributed by atoms with Gasteiger partial charge in [-0.1, -0.05) is 30.3 Å². The van der Waals surface area contributed by atoms with E-state index in [2.05, 4.69) is 60.0 Å². The van der Waals surface area contributed by atoms with E-state index in [1.165, 1.54) is 0 Å². The third-order valence-corrected chi connectivity index (χ3v) is 3.92. The summed E-state index contributed by atoms with van der Waals surface area (Å²) in [5, 5.41) is 4.84. The van der Waals surface area contributed by atoms with Gasteiger partial charge in [0.1, 0.15) is 10.3 Å². The van der Waals surface area contributed by atoms with E-state index in [-0.39, 0.29) is 5.54 Å². The summed E-state index contributed by atoms with van der Waals surface area (Å²) in [7, 11) is 0. The van der Waals surface area contributed by atoms with Crippen LogP contribution in [0.1, 0.15) is 20.8 Å². The van der Waals surface area contributed by atoms with Crippen LogP contribution in [0.15, 0.2) is 59.5 Å².